The number of carbonyl (C=O) groups excluding carboxylic acids is 1. The molecule has 1 aliphatic rings. The van der Waals surface area contributed by atoms with Gasteiger partial charge in [-0.15, -0.1) is 0 Å². The number of alkyl halides is 1. The molecule has 2 N–H and O–H groups in total. The predicted octanol–water partition coefficient (Wildman–Crippen LogP) is 2.98. The molecule has 12 heteroatoms. The van der Waals surface area contributed by atoms with Crippen LogP contribution >= 0.6 is 35.3 Å². The lowest BCUT2D eigenvalue weighted by Crippen LogP contribution is -2.45. The standard InChI is InChI=1S/C10H10BrClN3O6P/c11-10(15(17)18)5-20-22(19,21-6-10)14-9(16)13-8-3-1-7(12)2-4-8/h1-4H,5-6H2,(H2,13,14,16,19). The number of nitro groups is 1. The Balaban J connectivity index is 1.93. The van der Waals surface area contributed by atoms with Crippen molar-refractivity contribution in [2.75, 3.05) is 18.5 Å². The average Bonchev–Trinajstić information content (AvgIpc) is 2.45. The van der Waals surface area contributed by atoms with Gasteiger partial charge in [0, 0.05) is 31.6 Å². The highest BCUT2D eigenvalue weighted by Crippen LogP contribution is 2.50. The van der Waals surface area contributed by atoms with Crippen LogP contribution in [0.3, 0.4) is 0 Å². The minimum Gasteiger partial charge on any atom is -0.308 e. The molecule has 1 aliphatic heterocycles. The van der Waals surface area contributed by atoms with Crippen molar-refractivity contribution in [1.82, 2.24) is 5.09 Å². The summed E-state index contributed by atoms with van der Waals surface area (Å²) in [5.74, 6) is 0. The quantitative estimate of drug-likeness (QED) is 0.258. The van der Waals surface area contributed by atoms with Crippen LogP contribution in [0, 0.1) is 10.1 Å². The summed E-state index contributed by atoms with van der Waals surface area (Å²) in [5, 5.41) is 15.7. The maximum Gasteiger partial charge on any atom is 0.436 e. The summed E-state index contributed by atoms with van der Waals surface area (Å²) in [7, 11) is -3.96. The van der Waals surface area contributed by atoms with Gasteiger partial charge in [-0.05, 0) is 24.3 Å². The van der Waals surface area contributed by atoms with Crippen LogP contribution in [0.4, 0.5) is 10.5 Å². The number of carbonyl (C=O) groups is 1. The van der Waals surface area contributed by atoms with Crippen molar-refractivity contribution in [3.63, 3.8) is 0 Å². The van der Waals surface area contributed by atoms with E-state index in [-0.39, 0.29) is 0 Å². The van der Waals surface area contributed by atoms with Crippen LogP contribution in [0.25, 0.3) is 0 Å². The molecule has 0 unspecified atom stereocenters. The minimum atomic E-state index is -3.96. The van der Waals surface area contributed by atoms with Crippen LogP contribution in [0.1, 0.15) is 0 Å². The second-order valence-corrected chi connectivity index (χ2v) is 7.94. The van der Waals surface area contributed by atoms with E-state index in [9.17, 15) is 19.5 Å². The van der Waals surface area contributed by atoms with Gasteiger partial charge in [0.25, 0.3) is 0 Å². The summed E-state index contributed by atoms with van der Waals surface area (Å²) in [6, 6.07) is 5.36. The molecule has 120 valence electrons. The SMILES string of the molecule is O=C(Nc1ccc(Cl)cc1)NP1(=O)OCC(Br)([N+](=O)[O-])CO1. The van der Waals surface area contributed by atoms with Gasteiger partial charge < -0.3 is 5.32 Å². The van der Waals surface area contributed by atoms with E-state index in [2.05, 4.69) is 21.2 Å². The molecule has 9 nitrogen and oxygen atoms in total. The van der Waals surface area contributed by atoms with E-state index >= 15 is 0 Å². The molecule has 1 saturated heterocycles. The van der Waals surface area contributed by atoms with Gasteiger partial charge in [-0.1, -0.05) is 11.6 Å². The molecule has 2 rings (SSSR count). The molecular formula is C10H10BrClN3O6P. The number of halogens is 2. The maximum atomic E-state index is 12.1. The summed E-state index contributed by atoms with van der Waals surface area (Å²) in [4.78, 5) is 21.8. The highest BCUT2D eigenvalue weighted by atomic mass is 79.9. The van der Waals surface area contributed by atoms with Gasteiger partial charge in [0.05, 0.1) is 0 Å². The third kappa shape index (κ3) is 4.17. The van der Waals surface area contributed by atoms with Gasteiger partial charge in [0.2, 0.25) is 0 Å². The monoisotopic (exact) mass is 413 g/mol. The van der Waals surface area contributed by atoms with E-state index < -0.39 is 36.4 Å². The number of hydrogen-bond donors (Lipinski definition) is 2. The van der Waals surface area contributed by atoms with E-state index in [1.54, 1.807) is 12.1 Å². The molecule has 1 aromatic carbocycles. The molecule has 1 aromatic rings. The van der Waals surface area contributed by atoms with Crippen LogP contribution < -0.4 is 10.4 Å². The summed E-state index contributed by atoms with van der Waals surface area (Å²) >= 11 is 8.53. The summed E-state index contributed by atoms with van der Waals surface area (Å²) in [6.45, 7) is -1.03. The lowest BCUT2D eigenvalue weighted by atomic mass is 10.3. The van der Waals surface area contributed by atoms with Crippen molar-refractivity contribution in [2.24, 2.45) is 0 Å². The van der Waals surface area contributed by atoms with Gasteiger partial charge in [0.15, 0.2) is 0 Å². The van der Waals surface area contributed by atoms with Crippen molar-refractivity contribution in [2.45, 2.75) is 4.45 Å². The zero-order valence-electron chi connectivity index (χ0n) is 10.8. The van der Waals surface area contributed by atoms with E-state index in [1.807, 2.05) is 5.09 Å². The third-order valence-electron chi connectivity index (χ3n) is 2.58. The predicted molar refractivity (Wildman–Crippen MR) is 81.8 cm³/mol. The lowest BCUT2D eigenvalue weighted by Gasteiger charge is -2.29. The van der Waals surface area contributed by atoms with Crippen LogP contribution in [0.15, 0.2) is 24.3 Å². The summed E-state index contributed by atoms with van der Waals surface area (Å²) in [6.07, 6.45) is 0. The Morgan fingerprint density at radius 2 is 1.91 bits per heavy atom. The first kappa shape index (κ1) is 17.2. The molecule has 0 aliphatic carbocycles. The molecule has 1 fully saturated rings. The van der Waals surface area contributed by atoms with Crippen LogP contribution in [0.2, 0.25) is 5.02 Å². The van der Waals surface area contributed by atoms with Gasteiger partial charge in [0.1, 0.15) is 13.2 Å². The normalized spacial score (nSPS) is 27.9. The molecular weight excluding hydrogens is 404 g/mol. The van der Waals surface area contributed by atoms with Gasteiger partial charge in [-0.3, -0.25) is 19.2 Å². The lowest BCUT2D eigenvalue weighted by molar-refractivity contribution is -0.542. The number of hydrogen-bond acceptors (Lipinski definition) is 6. The molecule has 0 saturated carbocycles. The molecule has 2 amide bonds. The molecule has 0 atom stereocenters. The smallest absolute Gasteiger partial charge is 0.308 e. The molecule has 0 aromatic heterocycles. The number of nitrogens with one attached hydrogen (secondary N) is 2. The van der Waals surface area contributed by atoms with Crippen molar-refractivity contribution in [3.8, 4) is 0 Å². The second-order valence-electron chi connectivity index (χ2n) is 4.29. The van der Waals surface area contributed by atoms with Crippen molar-refractivity contribution in [1.29, 1.82) is 0 Å². The minimum absolute atomic E-state index is 0.408. The number of benzene rings is 1. The fraction of sp³-hybridized carbons (Fsp3) is 0.300. The van der Waals surface area contributed by atoms with E-state index in [0.29, 0.717) is 10.7 Å². The Bertz CT molecular complexity index is 630. The fourth-order valence-corrected chi connectivity index (χ4v) is 3.42. The van der Waals surface area contributed by atoms with E-state index in [0.717, 1.165) is 0 Å². The topological polar surface area (TPSA) is 120 Å². The number of urea groups is 1. The first-order chi connectivity index (χ1) is 10.2. The van der Waals surface area contributed by atoms with Crippen molar-refractivity contribution in [3.05, 3.63) is 39.4 Å². The molecule has 0 bridgehead atoms. The first-order valence-electron chi connectivity index (χ1n) is 5.80. The van der Waals surface area contributed by atoms with Gasteiger partial charge >= 0.3 is 18.2 Å². The van der Waals surface area contributed by atoms with E-state index in [4.69, 9.17) is 20.6 Å². The molecule has 0 spiro atoms. The van der Waals surface area contributed by atoms with Crippen molar-refractivity contribution < 1.29 is 23.3 Å². The van der Waals surface area contributed by atoms with E-state index in [1.165, 1.54) is 12.1 Å². The number of amides is 2. The average molecular weight is 415 g/mol. The highest BCUT2D eigenvalue weighted by Gasteiger charge is 2.50. The molecule has 1 heterocycles. The Kier molecular flexibility index (Phi) is 5.08. The summed E-state index contributed by atoms with van der Waals surface area (Å²) in [5.41, 5.74) is 0.408. The Hall–Kier alpha value is -1.19. The van der Waals surface area contributed by atoms with Gasteiger partial charge in [-0.2, -0.15) is 0 Å². The van der Waals surface area contributed by atoms with Crippen molar-refractivity contribution >= 4 is 47.0 Å². The van der Waals surface area contributed by atoms with Crippen LogP contribution in [-0.2, 0) is 13.6 Å². The zero-order chi connectivity index (χ0) is 16.4. The Labute approximate surface area is 138 Å². The Morgan fingerprint density at radius 1 is 1.36 bits per heavy atom. The Morgan fingerprint density at radius 3 is 2.41 bits per heavy atom. The summed E-state index contributed by atoms with van der Waals surface area (Å²) < 4.78 is 20.1. The highest BCUT2D eigenvalue weighted by molar-refractivity contribution is 9.10. The second kappa shape index (κ2) is 6.51. The first-order valence-corrected chi connectivity index (χ1v) is 8.51. The largest absolute Gasteiger partial charge is 0.436 e. The number of rotatable bonds is 3. The van der Waals surface area contributed by atoms with Gasteiger partial charge in [-0.25, -0.2) is 14.4 Å². The fourth-order valence-electron chi connectivity index (χ4n) is 1.43. The third-order valence-corrected chi connectivity index (χ3v) is 4.99. The molecule has 22 heavy (non-hydrogen) atoms. The van der Waals surface area contributed by atoms with Crippen LogP contribution in [-0.4, -0.2) is 28.6 Å². The molecule has 0 radical (unpaired) electrons. The number of nitrogens with zero attached hydrogens (tertiary/aromatic N) is 1. The maximum absolute atomic E-state index is 12.1. The zero-order valence-corrected chi connectivity index (χ0v) is 14.1. The number of anilines is 1. The van der Waals surface area contributed by atoms with Crippen LogP contribution in [0.5, 0.6) is 0 Å².